The molecule has 79 heavy (non-hydrogen) atoms. The molecule has 0 saturated carbocycles. The van der Waals surface area contributed by atoms with E-state index in [1.165, 1.54) is 0 Å². The number of carbonyl (C=O) groups is 3. The molecule has 6 saturated heterocycles. The number of carboxylic acid groups (broad SMARTS) is 1. The summed E-state index contributed by atoms with van der Waals surface area (Å²) in [5, 5.41) is 218. The first-order valence-corrected chi connectivity index (χ1v) is 24.7. The van der Waals surface area contributed by atoms with Gasteiger partial charge in [0.2, 0.25) is 11.8 Å². The molecule has 6 fully saturated rings. The molecule has 36 nitrogen and oxygen atoms in total. The van der Waals surface area contributed by atoms with Gasteiger partial charge in [0.25, 0.3) is 5.79 Å². The van der Waals surface area contributed by atoms with E-state index in [4.69, 9.17) is 52.1 Å². The highest BCUT2D eigenvalue weighted by Crippen LogP contribution is 2.39. The minimum absolute atomic E-state index is 0.827. The Morgan fingerprint density at radius 1 is 0.519 bits per heavy atom. The molecule has 22 N–H and O–H groups in total. The van der Waals surface area contributed by atoms with Crippen molar-refractivity contribution in [3.63, 3.8) is 0 Å². The van der Waals surface area contributed by atoms with E-state index in [0.29, 0.717) is 0 Å². The van der Waals surface area contributed by atoms with Crippen LogP contribution in [0.2, 0.25) is 0 Å². The third-order valence-corrected chi connectivity index (χ3v) is 14.2. The highest BCUT2D eigenvalue weighted by Gasteiger charge is 2.61. The molecule has 31 atom stereocenters. The maximum atomic E-state index is 13.0. The summed E-state index contributed by atoms with van der Waals surface area (Å²) < 4.78 is 62.3. The first-order valence-electron chi connectivity index (χ1n) is 24.7. The molecule has 0 aromatic rings. The van der Waals surface area contributed by atoms with E-state index >= 15 is 0 Å². The SMILES string of the molecule is CC(=O)N[C@H]1[C@H](OC[C@H]2O[C@@H](O[C@H]3[C@H](O)[C@@H](O)C(O)O[C@@H]3CO)[C@H](O)[C@@H](O[C@H]3O[C@H](CO)[C@H](O)[C@H](O)[C@H]3O)[C@H]2O)O[C@H](CO)[C@@H](O[C@@H]2O[C@H](CO)[C@H](O)[C@H](O[C@]3(C(=O)O)C[C@H](O)[C@@H](NC(C)=O)[C@H]([C@H](O)[C@H](O)CO)O3)[C@H]2O)[C@@H]1O. The van der Waals surface area contributed by atoms with Crippen LogP contribution in [0.4, 0.5) is 0 Å². The second-order valence-corrected chi connectivity index (χ2v) is 19.7. The monoisotopic (exact) mass is 1160 g/mol. The Bertz CT molecular complexity index is 1970. The average Bonchev–Trinajstić information content (AvgIpc) is 3.41. The van der Waals surface area contributed by atoms with Crippen LogP contribution in [0.5, 0.6) is 0 Å². The van der Waals surface area contributed by atoms with Crippen LogP contribution in [-0.4, -0.2) is 349 Å². The molecule has 458 valence electrons. The fraction of sp³-hybridized carbons (Fsp3) is 0.930. The second kappa shape index (κ2) is 27.7. The molecular formula is C43H72N2O34. The third-order valence-electron chi connectivity index (χ3n) is 14.2. The Hall–Kier alpha value is -2.79. The molecule has 36 heteroatoms. The van der Waals surface area contributed by atoms with E-state index in [9.17, 15) is 117 Å². The lowest BCUT2D eigenvalue weighted by Gasteiger charge is -2.51. The summed E-state index contributed by atoms with van der Waals surface area (Å²) in [6.45, 7) is -4.31. The van der Waals surface area contributed by atoms with E-state index in [1.54, 1.807) is 0 Å². The predicted molar refractivity (Wildman–Crippen MR) is 240 cm³/mol. The van der Waals surface area contributed by atoms with Crippen molar-refractivity contribution in [1.29, 1.82) is 0 Å². The smallest absolute Gasteiger partial charge is 0.364 e. The quantitative estimate of drug-likeness (QED) is 0.0507. The molecule has 6 rings (SSSR count). The Labute approximate surface area is 446 Å². The van der Waals surface area contributed by atoms with Gasteiger partial charge in [0, 0.05) is 20.3 Å². The topological polar surface area (TPSA) is 581 Å². The molecule has 6 aliphatic heterocycles. The normalized spacial score (nSPS) is 47.7. The summed E-state index contributed by atoms with van der Waals surface area (Å²) in [5.74, 6) is -7.00. The number of nitrogens with one attached hydrogen (secondary N) is 2. The molecule has 0 radical (unpaired) electrons. The summed E-state index contributed by atoms with van der Waals surface area (Å²) in [6, 6.07) is -3.48. The number of amides is 2. The molecule has 0 aromatic heterocycles. The largest absolute Gasteiger partial charge is 0.477 e. The maximum absolute atomic E-state index is 13.0. The van der Waals surface area contributed by atoms with E-state index in [2.05, 4.69) is 10.6 Å². The number of ether oxygens (including phenoxy) is 11. The van der Waals surface area contributed by atoms with Crippen LogP contribution in [-0.2, 0) is 66.5 Å². The van der Waals surface area contributed by atoms with Crippen LogP contribution in [0.15, 0.2) is 0 Å². The van der Waals surface area contributed by atoms with Crippen LogP contribution >= 0.6 is 0 Å². The van der Waals surface area contributed by atoms with Crippen molar-refractivity contribution in [1.82, 2.24) is 10.6 Å². The summed E-state index contributed by atoms with van der Waals surface area (Å²) >= 11 is 0. The number of hydrogen-bond donors (Lipinski definition) is 22. The Balaban J connectivity index is 1.24. The number of carboxylic acids is 1. The van der Waals surface area contributed by atoms with Crippen molar-refractivity contribution in [2.45, 2.75) is 210 Å². The molecule has 0 spiro atoms. The van der Waals surface area contributed by atoms with Gasteiger partial charge in [-0.1, -0.05) is 0 Å². The van der Waals surface area contributed by atoms with E-state index in [1.807, 2.05) is 0 Å². The van der Waals surface area contributed by atoms with Crippen LogP contribution in [0.1, 0.15) is 20.3 Å². The standard InChI is InChI=1S/C43H72N2O34/c1-10(51)44-19-12(53)3-43(42(67)68,78-34(19)21(55)13(54)4-46)79-36-23(57)15(6-48)72-41(31(36)65)75-32-17(8-50)73-38(20(25(32)59)45-11(2)52)69-9-18-24(58)35(77-39-29(63)26(60)22(56)14(5-47)71-39)30(64)40(74-18)76-33-16(7-49)70-37(66)28(62)27(33)61/h12-41,46-50,53-66H,3-9H2,1-2H3,(H,44,51)(H,45,52)(H,67,68)/t12-,13+,14+,15+,16+,17+,18+,19+,20+,21+,22-,23-,24-,25+,26-,27+,28+,29+,30+,31+,32+,33+,34+,35-,36-,37?,38+,39+,40-,41-,43-/m0/s1. The summed E-state index contributed by atoms with van der Waals surface area (Å²) in [7, 11) is 0. The zero-order chi connectivity index (χ0) is 58.7. The van der Waals surface area contributed by atoms with Crippen molar-refractivity contribution < 1.29 is 169 Å². The van der Waals surface area contributed by atoms with Gasteiger partial charge in [0.1, 0.15) is 140 Å². The molecule has 2 amide bonds. The van der Waals surface area contributed by atoms with Gasteiger partial charge in [0.15, 0.2) is 31.5 Å². The van der Waals surface area contributed by atoms with Gasteiger partial charge >= 0.3 is 5.97 Å². The Morgan fingerprint density at radius 2 is 0.987 bits per heavy atom. The molecule has 0 aliphatic carbocycles. The van der Waals surface area contributed by atoms with Crippen molar-refractivity contribution in [3.8, 4) is 0 Å². The van der Waals surface area contributed by atoms with Gasteiger partial charge in [0.05, 0.1) is 51.8 Å². The van der Waals surface area contributed by atoms with Crippen LogP contribution in [0, 0.1) is 0 Å². The maximum Gasteiger partial charge on any atom is 0.364 e. The molecule has 6 aliphatic rings. The number of rotatable bonds is 21. The third kappa shape index (κ3) is 14.1. The fourth-order valence-corrected chi connectivity index (χ4v) is 9.92. The van der Waals surface area contributed by atoms with Crippen molar-refractivity contribution in [3.05, 3.63) is 0 Å². The lowest BCUT2D eigenvalue weighted by Crippen LogP contribution is -2.71. The minimum atomic E-state index is -3.20. The summed E-state index contributed by atoms with van der Waals surface area (Å²) in [4.78, 5) is 37.7. The van der Waals surface area contributed by atoms with Gasteiger partial charge in [-0.3, -0.25) is 9.59 Å². The Morgan fingerprint density at radius 3 is 1.53 bits per heavy atom. The lowest BCUT2D eigenvalue weighted by molar-refractivity contribution is -0.387. The second-order valence-electron chi connectivity index (χ2n) is 19.7. The zero-order valence-corrected chi connectivity index (χ0v) is 41.9. The van der Waals surface area contributed by atoms with Crippen LogP contribution in [0.25, 0.3) is 0 Å². The zero-order valence-electron chi connectivity index (χ0n) is 41.9. The summed E-state index contributed by atoms with van der Waals surface area (Å²) in [6.07, 6.45) is -58.1. The van der Waals surface area contributed by atoms with Gasteiger partial charge < -0.3 is 165 Å². The fourth-order valence-electron chi connectivity index (χ4n) is 9.92. The van der Waals surface area contributed by atoms with Gasteiger partial charge in [-0.25, -0.2) is 4.79 Å². The minimum Gasteiger partial charge on any atom is -0.477 e. The Kier molecular flexibility index (Phi) is 22.9. The molecule has 0 bridgehead atoms. The van der Waals surface area contributed by atoms with Crippen LogP contribution in [0.3, 0.4) is 0 Å². The number of aliphatic hydroxyl groups excluding tert-OH is 19. The van der Waals surface area contributed by atoms with E-state index < -0.39 is 254 Å². The molecular weight excluding hydrogens is 1090 g/mol. The van der Waals surface area contributed by atoms with Gasteiger partial charge in [-0.15, -0.1) is 0 Å². The summed E-state index contributed by atoms with van der Waals surface area (Å²) in [5.41, 5.74) is 0. The number of aliphatic hydroxyl groups is 19. The van der Waals surface area contributed by atoms with Crippen molar-refractivity contribution in [2.75, 3.05) is 39.6 Å². The molecule has 1 unspecified atom stereocenters. The first kappa shape index (κ1) is 65.4. The number of carbonyl (C=O) groups excluding carboxylic acids is 2. The predicted octanol–water partition coefficient (Wildman–Crippen LogP) is -14.6. The van der Waals surface area contributed by atoms with E-state index in [0.717, 1.165) is 13.8 Å². The molecule has 6 heterocycles. The van der Waals surface area contributed by atoms with Gasteiger partial charge in [-0.05, 0) is 0 Å². The van der Waals surface area contributed by atoms with Crippen molar-refractivity contribution in [2.24, 2.45) is 0 Å². The van der Waals surface area contributed by atoms with Crippen molar-refractivity contribution >= 4 is 17.8 Å². The van der Waals surface area contributed by atoms with Crippen LogP contribution < -0.4 is 10.6 Å². The first-order chi connectivity index (χ1) is 37.2. The average molecular weight is 1160 g/mol. The van der Waals surface area contributed by atoms with Gasteiger partial charge in [-0.2, -0.15) is 0 Å². The highest BCUT2D eigenvalue weighted by molar-refractivity contribution is 5.76. The van der Waals surface area contributed by atoms with E-state index in [-0.39, 0.29) is 0 Å². The lowest BCUT2D eigenvalue weighted by atomic mass is 9.88. The highest BCUT2D eigenvalue weighted by atomic mass is 16.8. The number of aliphatic carboxylic acids is 1. The number of hydrogen-bond acceptors (Lipinski definition) is 33. The molecule has 0 aromatic carbocycles.